The number of nitrogens with one attached hydrogen (secondary N) is 2. The molecule has 0 bridgehead atoms. The number of primary amides is 1. The van der Waals surface area contributed by atoms with Crippen LogP contribution in [0.5, 0.6) is 5.75 Å². The maximum atomic E-state index is 13.3. The number of benzene rings is 2. The van der Waals surface area contributed by atoms with Crippen LogP contribution in [0.15, 0.2) is 42.5 Å². The zero-order valence-corrected chi connectivity index (χ0v) is 12.4. The minimum Gasteiger partial charge on any atom is -0.497 e. The van der Waals surface area contributed by atoms with Crippen LogP contribution in [0, 0.1) is 5.82 Å². The van der Waals surface area contributed by atoms with Gasteiger partial charge in [-0.3, -0.25) is 4.79 Å². The van der Waals surface area contributed by atoms with Gasteiger partial charge in [0.25, 0.3) is 5.91 Å². The van der Waals surface area contributed by atoms with Crippen molar-refractivity contribution in [1.82, 2.24) is 5.32 Å². The molecule has 0 aliphatic heterocycles. The molecule has 4 N–H and O–H groups in total. The van der Waals surface area contributed by atoms with Crippen molar-refractivity contribution in [1.29, 1.82) is 0 Å². The highest BCUT2D eigenvalue weighted by molar-refractivity contribution is 5.96. The number of carbonyl (C=O) groups excluding carboxylic acids is 2. The number of nitrogens with two attached hydrogens (primary N) is 1. The standard InChI is InChI=1S/C16H16FN3O3/c1-23-12-5-2-10(3-6-12)9-19-16(22)20-11-4-7-14(17)13(8-11)15(18)21/h2-8H,9H2,1H3,(H2,18,21)(H2,19,20,22). The Morgan fingerprint density at radius 1 is 1.17 bits per heavy atom. The first-order valence-corrected chi connectivity index (χ1v) is 6.76. The first-order chi connectivity index (χ1) is 11.0. The minimum atomic E-state index is -0.898. The number of methoxy groups -OCH3 is 1. The number of anilines is 1. The molecular weight excluding hydrogens is 301 g/mol. The summed E-state index contributed by atoms with van der Waals surface area (Å²) in [6.07, 6.45) is 0. The third kappa shape index (κ3) is 4.44. The molecule has 0 heterocycles. The third-order valence-corrected chi connectivity index (χ3v) is 3.10. The summed E-state index contributed by atoms with van der Waals surface area (Å²) in [7, 11) is 1.57. The molecule has 0 fully saturated rings. The molecule has 0 unspecified atom stereocenters. The first kappa shape index (κ1) is 16.3. The van der Waals surface area contributed by atoms with Crippen LogP contribution in [0.4, 0.5) is 14.9 Å². The topological polar surface area (TPSA) is 93.4 Å². The van der Waals surface area contributed by atoms with E-state index in [1.54, 1.807) is 19.2 Å². The van der Waals surface area contributed by atoms with E-state index in [1.165, 1.54) is 12.1 Å². The van der Waals surface area contributed by atoms with E-state index in [1.807, 2.05) is 12.1 Å². The Bertz CT molecular complexity index is 717. The zero-order chi connectivity index (χ0) is 16.8. The van der Waals surface area contributed by atoms with Gasteiger partial charge in [-0.1, -0.05) is 12.1 Å². The van der Waals surface area contributed by atoms with E-state index in [0.29, 0.717) is 6.54 Å². The fourth-order valence-corrected chi connectivity index (χ4v) is 1.89. The van der Waals surface area contributed by atoms with Gasteiger partial charge in [-0.15, -0.1) is 0 Å². The molecular formula is C16H16FN3O3. The molecule has 0 saturated carbocycles. The van der Waals surface area contributed by atoms with Gasteiger partial charge in [0.05, 0.1) is 12.7 Å². The molecule has 0 aromatic heterocycles. The van der Waals surface area contributed by atoms with Gasteiger partial charge >= 0.3 is 6.03 Å². The Balaban J connectivity index is 1.94. The number of hydrogen-bond acceptors (Lipinski definition) is 3. The van der Waals surface area contributed by atoms with Crippen LogP contribution in [-0.4, -0.2) is 19.0 Å². The fourth-order valence-electron chi connectivity index (χ4n) is 1.89. The molecule has 7 heteroatoms. The van der Waals surface area contributed by atoms with Gasteiger partial charge in [0, 0.05) is 12.2 Å². The van der Waals surface area contributed by atoms with Crippen molar-refractivity contribution in [3.05, 3.63) is 59.4 Å². The van der Waals surface area contributed by atoms with Crippen molar-refractivity contribution in [2.75, 3.05) is 12.4 Å². The van der Waals surface area contributed by atoms with Crippen LogP contribution in [0.3, 0.4) is 0 Å². The average Bonchev–Trinajstić information content (AvgIpc) is 2.55. The van der Waals surface area contributed by atoms with Gasteiger partial charge in [0.15, 0.2) is 0 Å². The van der Waals surface area contributed by atoms with Crippen molar-refractivity contribution >= 4 is 17.6 Å². The van der Waals surface area contributed by atoms with Crippen molar-refractivity contribution in [2.24, 2.45) is 5.73 Å². The lowest BCUT2D eigenvalue weighted by Gasteiger charge is -2.09. The van der Waals surface area contributed by atoms with Gasteiger partial charge in [0.2, 0.25) is 0 Å². The first-order valence-electron chi connectivity index (χ1n) is 6.76. The Kier molecular flexibility index (Phi) is 5.14. The number of carbonyl (C=O) groups is 2. The number of amides is 3. The second kappa shape index (κ2) is 7.26. The molecule has 3 amide bonds. The second-order valence-corrected chi connectivity index (χ2v) is 4.71. The van der Waals surface area contributed by atoms with Gasteiger partial charge in [-0.25, -0.2) is 9.18 Å². The number of hydrogen-bond donors (Lipinski definition) is 3. The summed E-state index contributed by atoms with van der Waals surface area (Å²) >= 11 is 0. The van der Waals surface area contributed by atoms with Crippen LogP contribution in [0.25, 0.3) is 0 Å². The molecule has 120 valence electrons. The Morgan fingerprint density at radius 3 is 2.48 bits per heavy atom. The highest BCUT2D eigenvalue weighted by Crippen LogP contribution is 2.14. The van der Waals surface area contributed by atoms with E-state index >= 15 is 0 Å². The predicted molar refractivity (Wildman–Crippen MR) is 83.8 cm³/mol. The van der Waals surface area contributed by atoms with Crippen molar-refractivity contribution in [2.45, 2.75) is 6.54 Å². The molecule has 0 aliphatic carbocycles. The molecule has 2 aromatic rings. The van der Waals surface area contributed by atoms with Gasteiger partial charge in [-0.05, 0) is 35.9 Å². The van der Waals surface area contributed by atoms with Crippen LogP contribution in [0.2, 0.25) is 0 Å². The molecule has 2 rings (SSSR count). The molecule has 0 aliphatic rings. The largest absolute Gasteiger partial charge is 0.497 e. The quantitative estimate of drug-likeness (QED) is 0.789. The minimum absolute atomic E-state index is 0.271. The van der Waals surface area contributed by atoms with Gasteiger partial charge in [0.1, 0.15) is 11.6 Å². The van der Waals surface area contributed by atoms with Gasteiger partial charge in [-0.2, -0.15) is 0 Å². The SMILES string of the molecule is COc1ccc(CNC(=O)Nc2ccc(F)c(C(N)=O)c2)cc1. The molecule has 0 spiro atoms. The highest BCUT2D eigenvalue weighted by atomic mass is 19.1. The Morgan fingerprint density at radius 2 is 1.87 bits per heavy atom. The molecule has 0 atom stereocenters. The Labute approximate surface area is 132 Å². The zero-order valence-electron chi connectivity index (χ0n) is 12.4. The molecule has 6 nitrogen and oxygen atoms in total. The van der Waals surface area contributed by atoms with E-state index in [9.17, 15) is 14.0 Å². The highest BCUT2D eigenvalue weighted by Gasteiger charge is 2.10. The van der Waals surface area contributed by atoms with E-state index in [2.05, 4.69) is 10.6 Å². The van der Waals surface area contributed by atoms with Crippen molar-refractivity contribution < 1.29 is 18.7 Å². The molecule has 2 aromatic carbocycles. The maximum absolute atomic E-state index is 13.3. The summed E-state index contributed by atoms with van der Waals surface area (Å²) in [6, 6.07) is 10.3. The lowest BCUT2D eigenvalue weighted by atomic mass is 10.2. The molecule has 0 radical (unpaired) electrons. The fraction of sp³-hybridized carbons (Fsp3) is 0.125. The van der Waals surface area contributed by atoms with E-state index < -0.39 is 17.8 Å². The number of halogens is 1. The summed E-state index contributed by atoms with van der Waals surface area (Å²) in [5.41, 5.74) is 5.93. The van der Waals surface area contributed by atoms with Crippen molar-refractivity contribution in [3.8, 4) is 5.75 Å². The van der Waals surface area contributed by atoms with Crippen LogP contribution >= 0.6 is 0 Å². The summed E-state index contributed by atoms with van der Waals surface area (Å²) in [5.74, 6) is -0.907. The second-order valence-electron chi connectivity index (χ2n) is 4.71. The number of urea groups is 1. The Hall–Kier alpha value is -3.09. The van der Waals surface area contributed by atoms with Crippen molar-refractivity contribution in [3.63, 3.8) is 0 Å². The molecule has 0 saturated heterocycles. The number of ether oxygens (including phenoxy) is 1. The summed E-state index contributed by atoms with van der Waals surface area (Å²) in [6.45, 7) is 0.305. The molecule has 23 heavy (non-hydrogen) atoms. The lowest BCUT2D eigenvalue weighted by Crippen LogP contribution is -2.28. The smallest absolute Gasteiger partial charge is 0.319 e. The maximum Gasteiger partial charge on any atom is 0.319 e. The average molecular weight is 317 g/mol. The van der Waals surface area contributed by atoms with Crippen LogP contribution < -0.4 is 21.1 Å². The summed E-state index contributed by atoms with van der Waals surface area (Å²) in [4.78, 5) is 22.9. The predicted octanol–water partition coefficient (Wildman–Crippen LogP) is 2.25. The van der Waals surface area contributed by atoms with Crippen LogP contribution in [-0.2, 0) is 6.54 Å². The van der Waals surface area contributed by atoms with E-state index in [0.717, 1.165) is 17.4 Å². The summed E-state index contributed by atoms with van der Waals surface area (Å²) in [5, 5.41) is 5.16. The van der Waals surface area contributed by atoms with Crippen LogP contribution in [0.1, 0.15) is 15.9 Å². The normalized spacial score (nSPS) is 10.0. The van der Waals surface area contributed by atoms with E-state index in [-0.39, 0.29) is 11.3 Å². The number of rotatable bonds is 5. The van der Waals surface area contributed by atoms with Gasteiger partial charge < -0.3 is 21.1 Å². The van der Waals surface area contributed by atoms with E-state index in [4.69, 9.17) is 10.5 Å². The third-order valence-electron chi connectivity index (χ3n) is 3.10. The lowest BCUT2D eigenvalue weighted by molar-refractivity contribution is 0.0996. The monoisotopic (exact) mass is 317 g/mol. The summed E-state index contributed by atoms with van der Waals surface area (Å²) < 4.78 is 18.4.